The monoisotopic (exact) mass is 329 g/mol. The molecule has 0 unspecified atom stereocenters. The molecule has 0 N–H and O–H groups in total. The van der Waals surface area contributed by atoms with Gasteiger partial charge in [0, 0.05) is 0 Å². The molecule has 0 amide bonds. The van der Waals surface area contributed by atoms with Gasteiger partial charge in [0.15, 0.2) is 0 Å². The molecule has 0 aromatic carbocycles. The van der Waals surface area contributed by atoms with Crippen molar-refractivity contribution in [2.24, 2.45) is 0 Å². The van der Waals surface area contributed by atoms with Crippen molar-refractivity contribution in [3.8, 4) is 0 Å². The number of phosphoric ester groups is 1. The Bertz CT molecular complexity index is 244. The van der Waals surface area contributed by atoms with Crippen molar-refractivity contribution in [2.75, 3.05) is 0 Å². The van der Waals surface area contributed by atoms with E-state index in [1.807, 2.05) is 0 Å². The molecule has 0 aromatic heterocycles. The van der Waals surface area contributed by atoms with Crippen molar-refractivity contribution < 1.29 is 48.4 Å². The maximum Gasteiger partial charge on any atom is 1.00 e. The van der Waals surface area contributed by atoms with Crippen molar-refractivity contribution >= 4 is 7.82 Å². The van der Waals surface area contributed by atoms with Gasteiger partial charge in [0.1, 0.15) is 0 Å². The quantitative estimate of drug-likeness (QED) is 0.270. The van der Waals surface area contributed by atoms with Gasteiger partial charge in [-0.15, -0.1) is 0 Å². The Labute approximate surface area is 153 Å². The fourth-order valence-electron chi connectivity index (χ4n) is 2.38. The van der Waals surface area contributed by atoms with Crippen LogP contribution in [0.25, 0.3) is 0 Å². The number of phosphoric acid groups is 1. The molecular weight excluding hydrogens is 298 g/mol. The molecule has 0 saturated carbocycles. The fraction of sp³-hybridized carbons (Fsp3) is 1.00. The molecule has 0 heterocycles. The van der Waals surface area contributed by atoms with E-state index in [9.17, 15) is 14.4 Å². The molecular formula is C15H31NaO4P-. The number of unbranched alkanes of at least 4 members (excludes halogenated alkanes) is 8. The molecule has 4 nitrogen and oxygen atoms in total. The first-order chi connectivity index (χ1) is 9.49. The molecule has 21 heavy (non-hydrogen) atoms. The van der Waals surface area contributed by atoms with E-state index in [0.29, 0.717) is 12.8 Å². The maximum atomic E-state index is 10.8. The minimum absolute atomic E-state index is 0. The minimum Gasteiger partial charge on any atom is -0.790 e. The second kappa shape index (κ2) is 16.0. The van der Waals surface area contributed by atoms with Gasteiger partial charge in [-0.25, -0.2) is 0 Å². The van der Waals surface area contributed by atoms with E-state index in [-0.39, 0.29) is 29.6 Å². The van der Waals surface area contributed by atoms with Crippen LogP contribution in [0.4, 0.5) is 0 Å². The van der Waals surface area contributed by atoms with E-state index in [4.69, 9.17) is 4.52 Å². The third kappa shape index (κ3) is 19.1. The van der Waals surface area contributed by atoms with E-state index >= 15 is 0 Å². The molecule has 0 aliphatic heterocycles. The Kier molecular flexibility index (Phi) is 18.5. The van der Waals surface area contributed by atoms with Crippen LogP contribution in [0.2, 0.25) is 0 Å². The molecule has 0 atom stereocenters. The van der Waals surface area contributed by atoms with Crippen LogP contribution in [0.5, 0.6) is 0 Å². The zero-order chi connectivity index (χ0) is 15.3. The van der Waals surface area contributed by atoms with Crippen LogP contribution in [0.1, 0.15) is 90.9 Å². The first-order valence-corrected chi connectivity index (χ1v) is 9.66. The molecule has 0 spiro atoms. The maximum absolute atomic E-state index is 10.8. The van der Waals surface area contributed by atoms with Crippen molar-refractivity contribution in [1.29, 1.82) is 0 Å². The van der Waals surface area contributed by atoms with Crippen LogP contribution in [-0.2, 0) is 9.09 Å². The molecule has 0 radical (unpaired) electrons. The van der Waals surface area contributed by atoms with Gasteiger partial charge in [0.2, 0.25) is 0 Å². The predicted octanol–water partition coefficient (Wildman–Crippen LogP) is 0.925. The number of hydrogen-bond acceptors (Lipinski definition) is 4. The van der Waals surface area contributed by atoms with Gasteiger partial charge in [-0.3, -0.25) is 0 Å². The van der Waals surface area contributed by atoms with E-state index in [1.165, 1.54) is 38.5 Å². The van der Waals surface area contributed by atoms with Crippen LogP contribution in [0.15, 0.2) is 0 Å². The van der Waals surface area contributed by atoms with E-state index in [2.05, 4.69) is 13.8 Å². The smallest absolute Gasteiger partial charge is 0.790 e. The summed E-state index contributed by atoms with van der Waals surface area (Å²) in [6, 6.07) is 0. The van der Waals surface area contributed by atoms with Crippen LogP contribution in [-0.4, -0.2) is 6.10 Å². The van der Waals surface area contributed by atoms with Gasteiger partial charge < -0.3 is 18.9 Å². The number of rotatable bonds is 14. The van der Waals surface area contributed by atoms with Gasteiger partial charge in [-0.2, -0.15) is 0 Å². The van der Waals surface area contributed by atoms with Crippen molar-refractivity contribution in [3.05, 3.63) is 0 Å². The molecule has 0 bridgehead atoms. The molecule has 0 rings (SSSR count). The molecule has 0 aliphatic rings. The van der Waals surface area contributed by atoms with Crippen LogP contribution in [0, 0.1) is 0 Å². The molecule has 0 aliphatic carbocycles. The minimum atomic E-state index is -4.84. The topological polar surface area (TPSA) is 72.4 Å². The zero-order valence-electron chi connectivity index (χ0n) is 14.1. The summed E-state index contributed by atoms with van der Waals surface area (Å²) in [5.41, 5.74) is 0. The van der Waals surface area contributed by atoms with Crippen molar-refractivity contribution in [1.82, 2.24) is 0 Å². The van der Waals surface area contributed by atoms with E-state index in [0.717, 1.165) is 25.7 Å². The Morgan fingerprint density at radius 1 is 0.810 bits per heavy atom. The molecule has 0 saturated heterocycles. The molecule has 0 aromatic rings. The first kappa shape index (κ1) is 24.4. The Morgan fingerprint density at radius 3 is 1.52 bits per heavy atom. The normalized spacial score (nSPS) is 11.7. The Morgan fingerprint density at radius 2 is 1.19 bits per heavy atom. The molecule has 122 valence electrons. The van der Waals surface area contributed by atoms with Crippen LogP contribution < -0.4 is 39.3 Å². The average Bonchev–Trinajstić information content (AvgIpc) is 2.36. The molecule has 0 fully saturated rings. The van der Waals surface area contributed by atoms with E-state index in [1.54, 1.807) is 0 Å². The SMILES string of the molecule is CCCCCCCC(CCCCCCC)OP(=O)([O-])[O-].[Na+]. The first-order valence-electron chi connectivity index (χ1n) is 8.20. The van der Waals surface area contributed by atoms with Gasteiger partial charge in [0.05, 0.1) is 13.9 Å². The summed E-state index contributed by atoms with van der Waals surface area (Å²) in [5.74, 6) is 0. The summed E-state index contributed by atoms with van der Waals surface area (Å²) in [7, 11) is -4.84. The Balaban J connectivity index is 0. The zero-order valence-corrected chi connectivity index (χ0v) is 17.0. The Hall–Kier alpha value is 1.11. The van der Waals surface area contributed by atoms with E-state index < -0.39 is 13.9 Å². The second-order valence-electron chi connectivity index (χ2n) is 5.58. The summed E-state index contributed by atoms with van der Waals surface area (Å²) in [6.45, 7) is 4.32. The van der Waals surface area contributed by atoms with Crippen LogP contribution >= 0.6 is 7.82 Å². The van der Waals surface area contributed by atoms with Gasteiger partial charge in [0.25, 0.3) is 0 Å². The predicted molar refractivity (Wildman–Crippen MR) is 79.2 cm³/mol. The van der Waals surface area contributed by atoms with Gasteiger partial charge >= 0.3 is 29.6 Å². The third-order valence-electron chi connectivity index (χ3n) is 3.54. The second-order valence-corrected chi connectivity index (χ2v) is 6.69. The summed E-state index contributed by atoms with van der Waals surface area (Å²) < 4.78 is 15.5. The van der Waals surface area contributed by atoms with Crippen molar-refractivity contribution in [2.45, 2.75) is 97.0 Å². The summed E-state index contributed by atoms with van der Waals surface area (Å²) in [4.78, 5) is 21.5. The largest absolute Gasteiger partial charge is 1.00 e. The van der Waals surface area contributed by atoms with Crippen molar-refractivity contribution in [3.63, 3.8) is 0 Å². The summed E-state index contributed by atoms with van der Waals surface area (Å²) in [6.07, 6.45) is 12.2. The standard InChI is InChI=1S/C15H33O4P.Na/c1-3-5-7-9-11-13-15(19-20(16,17)18)14-12-10-8-6-4-2;/h15H,3-14H2,1-2H3,(H2,16,17,18);/q;+1/p-2. The van der Waals surface area contributed by atoms with Gasteiger partial charge in [-0.1, -0.05) is 78.1 Å². The molecule has 6 heteroatoms. The summed E-state index contributed by atoms with van der Waals surface area (Å²) >= 11 is 0. The number of hydrogen-bond donors (Lipinski definition) is 0. The average molecular weight is 329 g/mol. The van der Waals surface area contributed by atoms with Gasteiger partial charge in [-0.05, 0) is 12.8 Å². The third-order valence-corrected chi connectivity index (χ3v) is 4.09. The summed E-state index contributed by atoms with van der Waals surface area (Å²) in [5, 5.41) is 0. The van der Waals surface area contributed by atoms with Crippen LogP contribution in [0.3, 0.4) is 0 Å². The fourth-order valence-corrected chi connectivity index (χ4v) is 2.96.